The number of Topliss-reactive ketones (excluding diaryl/α,β-unsaturated/α-hetero) is 1. The minimum atomic E-state index is 0.00587. The summed E-state index contributed by atoms with van der Waals surface area (Å²) < 4.78 is 0. The van der Waals surface area contributed by atoms with Crippen molar-refractivity contribution in [3.05, 3.63) is 41.5 Å². The minimum Gasteiger partial charge on any atom is -0.355 e. The molecule has 0 unspecified atom stereocenters. The summed E-state index contributed by atoms with van der Waals surface area (Å²) in [5, 5.41) is 2.80. The maximum atomic E-state index is 12.7. The number of likely N-dealkylation sites (N-methyl/N-ethyl adjacent to an activating group) is 1. The van der Waals surface area contributed by atoms with Gasteiger partial charge in [-0.2, -0.15) is 0 Å². The highest BCUT2D eigenvalue weighted by Gasteiger charge is 2.29. The van der Waals surface area contributed by atoms with Crippen LogP contribution in [0.15, 0.2) is 35.9 Å². The van der Waals surface area contributed by atoms with Crippen LogP contribution in [0.2, 0.25) is 0 Å². The van der Waals surface area contributed by atoms with Crippen LogP contribution in [-0.2, 0) is 14.4 Å². The van der Waals surface area contributed by atoms with Crippen molar-refractivity contribution in [2.75, 3.05) is 39.3 Å². The van der Waals surface area contributed by atoms with Crippen LogP contribution in [0.3, 0.4) is 0 Å². The van der Waals surface area contributed by atoms with Crippen LogP contribution >= 0.6 is 0 Å². The Morgan fingerprint density at radius 2 is 1.74 bits per heavy atom. The molecule has 1 aliphatic carbocycles. The molecule has 0 bridgehead atoms. The number of nitrogens with zero attached hydrogens (tertiary/aromatic N) is 2. The summed E-state index contributed by atoms with van der Waals surface area (Å²) in [6, 6.07) is 9.86. The second-order valence-electron chi connectivity index (χ2n) is 7.03. The normalized spacial score (nSPS) is 18.1. The number of benzene rings is 1. The highest BCUT2D eigenvalue weighted by Crippen LogP contribution is 2.33. The maximum Gasteiger partial charge on any atom is 0.234 e. The summed E-state index contributed by atoms with van der Waals surface area (Å²) in [6.07, 6.45) is 1.39. The van der Waals surface area contributed by atoms with Gasteiger partial charge in [-0.25, -0.2) is 0 Å². The molecule has 1 fully saturated rings. The molecule has 6 heteroatoms. The van der Waals surface area contributed by atoms with Gasteiger partial charge in [0.25, 0.3) is 0 Å². The van der Waals surface area contributed by atoms with Gasteiger partial charge < -0.3 is 10.2 Å². The molecule has 0 aromatic heterocycles. The molecule has 27 heavy (non-hydrogen) atoms. The summed E-state index contributed by atoms with van der Waals surface area (Å²) in [4.78, 5) is 40.6. The lowest BCUT2D eigenvalue weighted by atomic mass is 9.99. The van der Waals surface area contributed by atoms with Crippen LogP contribution in [0.5, 0.6) is 0 Å². The Morgan fingerprint density at radius 1 is 1.04 bits per heavy atom. The summed E-state index contributed by atoms with van der Waals surface area (Å²) in [5.74, 6) is 0.120. The third-order valence-electron chi connectivity index (χ3n) is 5.22. The summed E-state index contributed by atoms with van der Waals surface area (Å²) in [5.41, 5.74) is 2.73. The van der Waals surface area contributed by atoms with E-state index in [4.69, 9.17) is 0 Å². The van der Waals surface area contributed by atoms with Crippen LogP contribution in [0.4, 0.5) is 0 Å². The SMILES string of the molecule is CCNC(=O)CN1CCN(C(=O)CC2=C(c3ccccc3)CCC2=O)CC1. The molecule has 1 aromatic carbocycles. The first kappa shape index (κ1) is 19.3. The van der Waals surface area contributed by atoms with Crippen molar-refractivity contribution in [3.8, 4) is 0 Å². The van der Waals surface area contributed by atoms with Gasteiger partial charge in [0.15, 0.2) is 5.78 Å². The standard InChI is InChI=1S/C21H27N3O3/c1-2-22-20(26)15-23-10-12-24(13-11-23)21(27)14-18-17(8-9-19(18)25)16-6-4-3-5-7-16/h3-7H,2,8-15H2,1H3,(H,22,26). The number of rotatable bonds is 6. The zero-order chi connectivity index (χ0) is 19.2. The van der Waals surface area contributed by atoms with Gasteiger partial charge >= 0.3 is 0 Å². The number of nitrogens with one attached hydrogen (secondary N) is 1. The van der Waals surface area contributed by atoms with Crippen molar-refractivity contribution in [2.45, 2.75) is 26.2 Å². The van der Waals surface area contributed by atoms with Gasteiger partial charge in [-0.05, 0) is 24.5 Å². The molecule has 0 spiro atoms. The summed E-state index contributed by atoms with van der Waals surface area (Å²) in [7, 11) is 0. The Hall–Kier alpha value is -2.47. The third-order valence-corrected chi connectivity index (χ3v) is 5.22. The molecule has 0 atom stereocenters. The fourth-order valence-electron chi connectivity index (χ4n) is 3.75. The Labute approximate surface area is 160 Å². The van der Waals surface area contributed by atoms with Crippen molar-refractivity contribution in [3.63, 3.8) is 0 Å². The largest absolute Gasteiger partial charge is 0.355 e. The number of ketones is 1. The van der Waals surface area contributed by atoms with Crippen molar-refractivity contribution in [2.24, 2.45) is 0 Å². The molecule has 1 N–H and O–H groups in total. The summed E-state index contributed by atoms with van der Waals surface area (Å²) in [6.45, 7) is 5.46. The van der Waals surface area contributed by atoms with Gasteiger partial charge in [0.2, 0.25) is 11.8 Å². The van der Waals surface area contributed by atoms with E-state index in [9.17, 15) is 14.4 Å². The Balaban J connectivity index is 1.59. The van der Waals surface area contributed by atoms with Crippen LogP contribution in [0.1, 0.15) is 31.7 Å². The van der Waals surface area contributed by atoms with E-state index < -0.39 is 0 Å². The third kappa shape index (κ3) is 4.83. The number of piperazine rings is 1. The average molecular weight is 369 g/mol. The molecule has 144 valence electrons. The fraction of sp³-hybridized carbons (Fsp3) is 0.476. The van der Waals surface area contributed by atoms with E-state index in [2.05, 4.69) is 10.2 Å². The zero-order valence-corrected chi connectivity index (χ0v) is 15.9. The number of amides is 2. The van der Waals surface area contributed by atoms with Gasteiger partial charge in [-0.15, -0.1) is 0 Å². The molecule has 1 aliphatic heterocycles. The van der Waals surface area contributed by atoms with E-state index in [1.807, 2.05) is 42.2 Å². The molecule has 6 nitrogen and oxygen atoms in total. The molecular weight excluding hydrogens is 342 g/mol. The Morgan fingerprint density at radius 3 is 2.41 bits per heavy atom. The van der Waals surface area contributed by atoms with Gasteiger partial charge in [0, 0.05) is 44.7 Å². The van der Waals surface area contributed by atoms with Crippen LogP contribution in [0, 0.1) is 0 Å². The number of hydrogen-bond acceptors (Lipinski definition) is 4. The van der Waals surface area contributed by atoms with Gasteiger partial charge in [-0.3, -0.25) is 19.3 Å². The molecule has 1 saturated heterocycles. The number of hydrogen-bond donors (Lipinski definition) is 1. The average Bonchev–Trinajstić information content (AvgIpc) is 3.03. The van der Waals surface area contributed by atoms with E-state index in [-0.39, 0.29) is 24.0 Å². The lowest BCUT2D eigenvalue weighted by Crippen LogP contribution is -2.51. The fourth-order valence-corrected chi connectivity index (χ4v) is 3.75. The number of carbonyl (C=O) groups excluding carboxylic acids is 3. The van der Waals surface area contributed by atoms with E-state index in [0.717, 1.165) is 11.1 Å². The Bertz CT molecular complexity index is 734. The van der Waals surface area contributed by atoms with Crippen molar-refractivity contribution < 1.29 is 14.4 Å². The highest BCUT2D eigenvalue weighted by molar-refractivity contribution is 6.10. The smallest absolute Gasteiger partial charge is 0.234 e. The van der Waals surface area contributed by atoms with Crippen molar-refractivity contribution in [1.82, 2.24) is 15.1 Å². The van der Waals surface area contributed by atoms with Crippen molar-refractivity contribution >= 4 is 23.2 Å². The van der Waals surface area contributed by atoms with E-state index in [0.29, 0.717) is 57.7 Å². The molecule has 1 heterocycles. The van der Waals surface area contributed by atoms with E-state index in [1.165, 1.54) is 0 Å². The predicted molar refractivity (Wildman–Crippen MR) is 104 cm³/mol. The topological polar surface area (TPSA) is 69.7 Å². The van der Waals surface area contributed by atoms with E-state index in [1.54, 1.807) is 0 Å². The van der Waals surface area contributed by atoms with Crippen LogP contribution in [0.25, 0.3) is 5.57 Å². The summed E-state index contributed by atoms with van der Waals surface area (Å²) >= 11 is 0. The second kappa shape index (κ2) is 8.95. The first-order valence-electron chi connectivity index (χ1n) is 9.66. The molecule has 0 saturated carbocycles. The lowest BCUT2D eigenvalue weighted by molar-refractivity contribution is -0.133. The quantitative estimate of drug-likeness (QED) is 0.825. The molecule has 0 radical (unpaired) electrons. The first-order chi connectivity index (χ1) is 13.1. The maximum absolute atomic E-state index is 12.7. The molecule has 2 aliphatic rings. The predicted octanol–water partition coefficient (Wildman–Crippen LogP) is 1.47. The van der Waals surface area contributed by atoms with Gasteiger partial charge in [-0.1, -0.05) is 30.3 Å². The zero-order valence-electron chi connectivity index (χ0n) is 15.9. The Kier molecular flexibility index (Phi) is 6.40. The monoisotopic (exact) mass is 369 g/mol. The van der Waals surface area contributed by atoms with Gasteiger partial charge in [0.05, 0.1) is 13.0 Å². The van der Waals surface area contributed by atoms with E-state index >= 15 is 0 Å². The second-order valence-corrected chi connectivity index (χ2v) is 7.03. The molecule has 1 aromatic rings. The number of carbonyl (C=O) groups is 3. The van der Waals surface area contributed by atoms with Crippen molar-refractivity contribution in [1.29, 1.82) is 0 Å². The van der Waals surface area contributed by atoms with Crippen LogP contribution < -0.4 is 5.32 Å². The molecule has 2 amide bonds. The molecular formula is C21H27N3O3. The molecule has 3 rings (SSSR count). The number of allylic oxidation sites excluding steroid dienone is 1. The van der Waals surface area contributed by atoms with Crippen LogP contribution in [-0.4, -0.2) is 66.7 Å². The minimum absolute atomic E-state index is 0.00587. The lowest BCUT2D eigenvalue weighted by Gasteiger charge is -2.34. The highest BCUT2D eigenvalue weighted by atomic mass is 16.2. The van der Waals surface area contributed by atoms with Gasteiger partial charge in [0.1, 0.15) is 0 Å². The first-order valence-corrected chi connectivity index (χ1v) is 9.66.